The molecule has 334 valence electrons. The van der Waals surface area contributed by atoms with E-state index in [2.05, 4.69) is 40.8 Å². The normalized spacial score (nSPS) is 26.5. The van der Waals surface area contributed by atoms with Gasteiger partial charge in [0, 0.05) is 23.1 Å². The van der Waals surface area contributed by atoms with E-state index in [1.54, 1.807) is 35.6 Å². The Kier molecular flexibility index (Phi) is 12.9. The van der Waals surface area contributed by atoms with Crippen molar-refractivity contribution in [1.29, 1.82) is 0 Å². The fourth-order valence-corrected chi connectivity index (χ4v) is 8.73. The molecule has 0 spiro atoms. The Morgan fingerprint density at radius 1 is 0.667 bits per heavy atom. The van der Waals surface area contributed by atoms with Crippen LogP contribution in [0.25, 0.3) is 22.1 Å². The number of benzene rings is 2. The lowest BCUT2D eigenvalue weighted by molar-refractivity contribution is -0.201. The first-order chi connectivity index (χ1) is 29.7. The van der Waals surface area contributed by atoms with Crippen LogP contribution in [0.2, 0.25) is 20.6 Å². The molecule has 18 nitrogen and oxygen atoms in total. The summed E-state index contributed by atoms with van der Waals surface area (Å²) >= 11 is 24.9. The minimum absolute atomic E-state index is 0. The quantitative estimate of drug-likeness (QED) is 0.0921. The summed E-state index contributed by atoms with van der Waals surface area (Å²) in [6.45, 7) is 7.94. The van der Waals surface area contributed by atoms with Crippen LogP contribution in [0.15, 0.2) is 60.9 Å². The molecule has 0 unspecified atom stereocenters. The maximum atomic E-state index is 11.5. The number of aliphatic hydroxyl groups excluding tert-OH is 1. The maximum Gasteiger partial charge on any atom is 0.226 e. The van der Waals surface area contributed by atoms with Crippen molar-refractivity contribution in [3.05, 3.63) is 92.7 Å². The van der Waals surface area contributed by atoms with Crippen LogP contribution in [0.4, 0.5) is 11.6 Å². The van der Waals surface area contributed by atoms with E-state index in [0.29, 0.717) is 63.1 Å². The fourth-order valence-electron chi connectivity index (χ4n) is 8.00. The van der Waals surface area contributed by atoms with E-state index in [-0.39, 0.29) is 24.6 Å². The molecule has 22 heteroatoms. The average Bonchev–Trinajstić information content (AvgIpc) is 4.08. The van der Waals surface area contributed by atoms with Gasteiger partial charge in [-0.25, -0.2) is 9.36 Å². The molecule has 0 radical (unpaired) electrons. The lowest BCUT2D eigenvalue weighted by Gasteiger charge is -2.23. The van der Waals surface area contributed by atoms with E-state index in [9.17, 15) is 9.90 Å². The smallest absolute Gasteiger partial charge is 0.226 e. The molecule has 4 fully saturated rings. The van der Waals surface area contributed by atoms with E-state index in [1.165, 1.54) is 0 Å². The molecule has 8 heterocycles. The van der Waals surface area contributed by atoms with Crippen LogP contribution in [0.5, 0.6) is 0 Å². The highest BCUT2D eigenvalue weighted by molar-refractivity contribution is 6.31. The van der Waals surface area contributed by atoms with Gasteiger partial charge in [0.15, 0.2) is 41.6 Å². The topological polar surface area (TPSA) is 204 Å². The Bertz CT molecular complexity index is 2630. The summed E-state index contributed by atoms with van der Waals surface area (Å²) < 4.78 is 38.9. The van der Waals surface area contributed by atoms with E-state index in [1.807, 2.05) is 62.4 Å². The molecule has 0 bridgehead atoms. The Hall–Kier alpha value is -4.31. The number of ether oxygens (including phenoxy) is 6. The molecule has 3 N–H and O–H groups in total. The number of rotatable bonds is 10. The zero-order chi connectivity index (χ0) is 43.5. The number of carbonyl (C=O) groups is 1. The molecule has 63 heavy (non-hydrogen) atoms. The van der Waals surface area contributed by atoms with Crippen LogP contribution in [0, 0.1) is 0 Å². The highest BCUT2D eigenvalue weighted by Gasteiger charge is 2.57. The number of halogens is 4. The summed E-state index contributed by atoms with van der Waals surface area (Å²) in [7, 11) is 0. The minimum atomic E-state index is -0.837. The summed E-state index contributed by atoms with van der Waals surface area (Å²) in [5.41, 5.74) is 2.77. The van der Waals surface area contributed by atoms with Crippen LogP contribution in [-0.4, -0.2) is 106 Å². The van der Waals surface area contributed by atoms with Crippen molar-refractivity contribution in [1.82, 2.24) is 39.5 Å². The largest absolute Gasteiger partial charge is 0.394 e. The SMILES string of the molecule is C.CC1(C)O[C@@H]2[C@H](O1)[C@@H](C=O)O[C@H]2n1ncc2c(NCc3ccccc3Cl)nc(Cl)nc21.CC1(C)O[C@@H]2[C@H](O1)[C@@H](CO)O[C@H]2n1ncc2c(NCc3ccccc3Cl)nc(Cl)nc21. The molecule has 4 aliphatic rings. The summed E-state index contributed by atoms with van der Waals surface area (Å²) in [4.78, 5) is 28.9. The Balaban J connectivity index is 0.000000170. The number of anilines is 2. The Labute approximate surface area is 381 Å². The first kappa shape index (κ1) is 45.3. The zero-order valence-corrected chi connectivity index (χ0v) is 36.5. The maximum absolute atomic E-state index is 11.5. The highest BCUT2D eigenvalue weighted by Crippen LogP contribution is 2.45. The van der Waals surface area contributed by atoms with Crippen molar-refractivity contribution in [2.45, 2.75) is 109 Å². The third-order valence-corrected chi connectivity index (χ3v) is 11.7. The highest BCUT2D eigenvalue weighted by atomic mass is 35.5. The number of aromatic nitrogens is 8. The Morgan fingerprint density at radius 2 is 1.11 bits per heavy atom. The number of hydrogen-bond donors (Lipinski definition) is 3. The lowest BCUT2D eigenvalue weighted by Crippen LogP contribution is -2.31. The third-order valence-electron chi connectivity index (χ3n) is 10.6. The van der Waals surface area contributed by atoms with Crippen molar-refractivity contribution in [2.24, 2.45) is 0 Å². The van der Waals surface area contributed by atoms with E-state index in [4.69, 9.17) is 74.8 Å². The fraction of sp³-hybridized carbons (Fsp3) is 0.439. The molecule has 0 aliphatic carbocycles. The van der Waals surface area contributed by atoms with Gasteiger partial charge in [-0.2, -0.15) is 30.1 Å². The Morgan fingerprint density at radius 3 is 1.59 bits per heavy atom. The van der Waals surface area contributed by atoms with Crippen molar-refractivity contribution < 1.29 is 38.3 Å². The summed E-state index contributed by atoms with van der Waals surface area (Å²) in [6.07, 6.45) is -0.605. The van der Waals surface area contributed by atoms with Crippen LogP contribution < -0.4 is 10.6 Å². The number of fused-ring (bicyclic) bond motifs is 4. The van der Waals surface area contributed by atoms with E-state index in [0.717, 1.165) is 11.1 Å². The summed E-state index contributed by atoms with van der Waals surface area (Å²) in [6, 6.07) is 15.1. The van der Waals surface area contributed by atoms with Gasteiger partial charge >= 0.3 is 0 Å². The van der Waals surface area contributed by atoms with Gasteiger partial charge in [-0.05, 0) is 74.2 Å². The van der Waals surface area contributed by atoms with Crippen molar-refractivity contribution in [3.63, 3.8) is 0 Å². The molecule has 8 atom stereocenters. The molecule has 4 aromatic heterocycles. The van der Waals surface area contributed by atoms with Gasteiger partial charge in [0.2, 0.25) is 10.6 Å². The average molecular weight is 947 g/mol. The standard InChI is InChI=1S/C20H21Cl2N5O4.C20H19Cl2N5O4.CH4/c2*1-20(2)30-14-13(9-28)29-18(15(14)31-20)27-17-11(8-24-27)16(25-19(22)26-17)23-7-10-5-3-4-6-12(10)21;/h3-6,8,13-15,18,28H,7,9H2,1-2H3,(H,23,25,26);3-6,8-9,13-15,18H,7H2,1-2H3,(H,23,25,26);1H4/t2*13-,14-,15-,18-;/m11./s1. The zero-order valence-electron chi connectivity index (χ0n) is 33.5. The predicted molar refractivity (Wildman–Crippen MR) is 234 cm³/mol. The summed E-state index contributed by atoms with van der Waals surface area (Å²) in [5.74, 6) is -0.595. The first-order valence-electron chi connectivity index (χ1n) is 19.6. The van der Waals surface area contributed by atoms with Crippen LogP contribution in [-0.2, 0) is 46.3 Å². The molecule has 10 rings (SSSR count). The molecule has 6 aromatic rings. The number of nitrogens with zero attached hydrogens (tertiary/aromatic N) is 8. The molecule has 4 saturated heterocycles. The van der Waals surface area contributed by atoms with Crippen molar-refractivity contribution >= 4 is 86.4 Å². The van der Waals surface area contributed by atoms with Crippen LogP contribution in [0.1, 0.15) is 58.7 Å². The molecule has 2 aromatic carbocycles. The molecule has 4 aliphatic heterocycles. The second kappa shape index (κ2) is 17.9. The van der Waals surface area contributed by atoms with Crippen molar-refractivity contribution in [3.8, 4) is 0 Å². The number of aliphatic hydroxyl groups is 1. The van der Waals surface area contributed by atoms with Gasteiger partial charge in [-0.15, -0.1) is 0 Å². The molecule has 0 amide bonds. The number of carbonyl (C=O) groups excluding carboxylic acids is 1. The summed E-state index contributed by atoms with van der Waals surface area (Å²) in [5, 5.41) is 27.9. The number of aldehydes is 1. The second-order valence-corrected chi connectivity index (χ2v) is 17.2. The van der Waals surface area contributed by atoms with E-state index >= 15 is 0 Å². The lowest BCUT2D eigenvalue weighted by atomic mass is 10.1. The van der Waals surface area contributed by atoms with Gasteiger partial charge in [-0.1, -0.05) is 67.0 Å². The third kappa shape index (κ3) is 8.91. The van der Waals surface area contributed by atoms with Gasteiger partial charge < -0.3 is 49.0 Å². The minimum Gasteiger partial charge on any atom is -0.394 e. The van der Waals surface area contributed by atoms with Gasteiger partial charge in [0.25, 0.3) is 0 Å². The monoisotopic (exact) mass is 944 g/mol. The number of hydrogen-bond acceptors (Lipinski definition) is 16. The predicted octanol–water partition coefficient (Wildman–Crippen LogP) is 7.15. The van der Waals surface area contributed by atoms with E-state index < -0.39 is 60.7 Å². The molecular formula is C41H44Cl4N10O8. The first-order valence-corrected chi connectivity index (χ1v) is 21.1. The van der Waals surface area contributed by atoms with Crippen LogP contribution in [0.3, 0.4) is 0 Å². The van der Waals surface area contributed by atoms with Crippen molar-refractivity contribution in [2.75, 3.05) is 17.2 Å². The molecular weight excluding hydrogens is 902 g/mol. The molecule has 0 saturated carbocycles. The number of nitrogens with one attached hydrogen (secondary N) is 2. The van der Waals surface area contributed by atoms with Gasteiger partial charge in [-0.3, -0.25) is 0 Å². The second-order valence-electron chi connectivity index (χ2n) is 15.7. The van der Waals surface area contributed by atoms with Gasteiger partial charge in [0.1, 0.15) is 48.3 Å². The van der Waals surface area contributed by atoms with Crippen LogP contribution >= 0.6 is 46.4 Å². The van der Waals surface area contributed by atoms with Gasteiger partial charge in [0.05, 0.1) is 29.8 Å².